The first-order chi connectivity index (χ1) is 15.7. The zero-order chi connectivity index (χ0) is 23.8. The Hall–Kier alpha value is -3.49. The molecule has 0 radical (unpaired) electrons. The predicted molar refractivity (Wildman–Crippen MR) is 115 cm³/mol. The van der Waals surface area contributed by atoms with Gasteiger partial charge in [0.25, 0.3) is 5.92 Å². The average molecular weight is 458 g/mol. The molecule has 0 bridgehead atoms. The molecule has 1 saturated heterocycles. The van der Waals surface area contributed by atoms with E-state index in [4.69, 9.17) is 9.84 Å². The van der Waals surface area contributed by atoms with Crippen LogP contribution in [0.2, 0.25) is 0 Å². The smallest absolute Gasteiger partial charge is 0.407 e. The summed E-state index contributed by atoms with van der Waals surface area (Å²) in [6.45, 7) is 0.436. The van der Waals surface area contributed by atoms with Gasteiger partial charge in [0, 0.05) is 18.9 Å². The van der Waals surface area contributed by atoms with Gasteiger partial charge in [0.15, 0.2) is 0 Å². The summed E-state index contributed by atoms with van der Waals surface area (Å²) in [5.74, 6) is -6.49. The van der Waals surface area contributed by atoms with Gasteiger partial charge in [-0.1, -0.05) is 55.5 Å². The van der Waals surface area contributed by atoms with Gasteiger partial charge in [0.1, 0.15) is 12.6 Å². The Morgan fingerprint density at radius 2 is 1.70 bits per heavy atom. The third kappa shape index (κ3) is 4.53. The van der Waals surface area contributed by atoms with Crippen LogP contribution in [0.15, 0.2) is 48.5 Å². The van der Waals surface area contributed by atoms with Crippen LogP contribution >= 0.6 is 0 Å². The average Bonchev–Trinajstić information content (AvgIpc) is 3.30. The molecular weight excluding hydrogens is 434 g/mol. The summed E-state index contributed by atoms with van der Waals surface area (Å²) in [5, 5.41) is 11.6. The third-order valence-electron chi connectivity index (χ3n) is 6.16. The number of nitrogens with zero attached hydrogens (tertiary/aromatic N) is 1. The van der Waals surface area contributed by atoms with Gasteiger partial charge < -0.3 is 20.1 Å². The molecule has 1 aliphatic carbocycles. The highest BCUT2D eigenvalue weighted by Gasteiger charge is 2.50. The van der Waals surface area contributed by atoms with Gasteiger partial charge in [-0.15, -0.1) is 0 Å². The third-order valence-corrected chi connectivity index (χ3v) is 6.16. The van der Waals surface area contributed by atoms with Crippen molar-refractivity contribution in [3.63, 3.8) is 0 Å². The number of rotatable bonds is 6. The lowest BCUT2D eigenvalue weighted by Crippen LogP contribution is -2.46. The van der Waals surface area contributed by atoms with Gasteiger partial charge in [-0.2, -0.15) is 0 Å². The maximum atomic E-state index is 13.7. The van der Waals surface area contributed by atoms with Crippen molar-refractivity contribution >= 4 is 18.0 Å². The molecule has 9 heteroatoms. The number of hydrogen-bond acceptors (Lipinski definition) is 4. The normalized spacial score (nSPS) is 19.5. The molecule has 2 amide bonds. The Bertz CT molecular complexity index is 1040. The van der Waals surface area contributed by atoms with E-state index < -0.39 is 48.8 Å². The first kappa shape index (κ1) is 22.7. The van der Waals surface area contributed by atoms with Crippen molar-refractivity contribution in [2.24, 2.45) is 5.92 Å². The number of halogens is 2. The van der Waals surface area contributed by atoms with Crippen molar-refractivity contribution in [2.45, 2.75) is 31.2 Å². The fraction of sp³-hybridized carbons (Fsp3) is 0.375. The van der Waals surface area contributed by atoms with E-state index in [2.05, 4.69) is 5.32 Å². The zero-order valence-electron chi connectivity index (χ0n) is 18.0. The number of alkyl halides is 2. The molecule has 2 aromatic rings. The van der Waals surface area contributed by atoms with Crippen molar-refractivity contribution < 1.29 is 33.0 Å². The minimum atomic E-state index is -3.25. The molecule has 0 aromatic heterocycles. The van der Waals surface area contributed by atoms with Crippen LogP contribution in [0.3, 0.4) is 0 Å². The van der Waals surface area contributed by atoms with Crippen LogP contribution < -0.4 is 5.32 Å². The van der Waals surface area contributed by atoms with Crippen LogP contribution in [0.25, 0.3) is 11.1 Å². The highest BCUT2D eigenvalue weighted by Crippen LogP contribution is 2.44. The minimum absolute atomic E-state index is 0.0988. The number of hydrogen-bond donors (Lipinski definition) is 2. The molecule has 4 rings (SSSR count). The number of carboxylic acids is 1. The van der Waals surface area contributed by atoms with Crippen molar-refractivity contribution in [1.29, 1.82) is 0 Å². The van der Waals surface area contributed by atoms with Gasteiger partial charge >= 0.3 is 12.1 Å². The molecule has 2 atom stereocenters. The molecule has 1 aliphatic heterocycles. The summed E-state index contributed by atoms with van der Waals surface area (Å²) >= 11 is 0. The Labute approximate surface area is 189 Å². The summed E-state index contributed by atoms with van der Waals surface area (Å²) in [6.07, 6.45) is -1.65. The van der Waals surface area contributed by atoms with Crippen LogP contribution in [-0.2, 0) is 14.3 Å². The molecule has 0 spiro atoms. The van der Waals surface area contributed by atoms with E-state index in [1.807, 2.05) is 48.5 Å². The van der Waals surface area contributed by atoms with Crippen molar-refractivity contribution in [2.75, 3.05) is 19.7 Å². The van der Waals surface area contributed by atoms with Crippen molar-refractivity contribution in [1.82, 2.24) is 10.2 Å². The topological polar surface area (TPSA) is 95.9 Å². The van der Waals surface area contributed by atoms with Gasteiger partial charge in [0.2, 0.25) is 5.91 Å². The van der Waals surface area contributed by atoms with E-state index in [0.29, 0.717) is 4.90 Å². The van der Waals surface area contributed by atoms with Crippen molar-refractivity contribution in [3.05, 3.63) is 59.7 Å². The summed E-state index contributed by atoms with van der Waals surface area (Å²) in [7, 11) is 0. The summed E-state index contributed by atoms with van der Waals surface area (Å²) in [6, 6.07) is 14.2. The Kier molecular flexibility index (Phi) is 6.05. The SMILES string of the molecule is CC(CNC(=O)OCC1c2ccccc2-c2ccccc21)C(=O)N1CC(F)(F)CC1C(=O)O. The van der Waals surface area contributed by atoms with Crippen LogP contribution in [0.5, 0.6) is 0 Å². The fourth-order valence-corrected chi connectivity index (χ4v) is 4.53. The molecule has 2 aliphatic rings. The van der Waals surface area contributed by atoms with Crippen LogP contribution in [0.4, 0.5) is 13.6 Å². The van der Waals surface area contributed by atoms with Crippen molar-refractivity contribution in [3.8, 4) is 11.1 Å². The first-order valence-corrected chi connectivity index (χ1v) is 10.7. The largest absolute Gasteiger partial charge is 0.480 e. The van der Waals surface area contributed by atoms with Crippen LogP contribution in [0, 0.1) is 5.92 Å². The van der Waals surface area contributed by atoms with Gasteiger partial charge in [-0.25, -0.2) is 18.4 Å². The number of amides is 2. The van der Waals surface area contributed by atoms with E-state index in [1.54, 1.807) is 0 Å². The number of carbonyl (C=O) groups is 3. The van der Waals surface area contributed by atoms with E-state index >= 15 is 0 Å². The second-order valence-corrected chi connectivity index (χ2v) is 8.49. The fourth-order valence-electron chi connectivity index (χ4n) is 4.53. The number of fused-ring (bicyclic) bond motifs is 3. The highest BCUT2D eigenvalue weighted by atomic mass is 19.3. The number of alkyl carbamates (subject to hydrolysis) is 1. The molecule has 2 N–H and O–H groups in total. The number of carbonyl (C=O) groups excluding carboxylic acids is 2. The number of likely N-dealkylation sites (tertiary alicyclic amines) is 1. The van der Waals surface area contributed by atoms with E-state index in [9.17, 15) is 23.2 Å². The number of nitrogens with one attached hydrogen (secondary N) is 1. The molecule has 33 heavy (non-hydrogen) atoms. The molecule has 1 fully saturated rings. The lowest BCUT2D eigenvalue weighted by Gasteiger charge is -2.24. The molecule has 2 unspecified atom stereocenters. The number of benzene rings is 2. The molecular formula is C24H24F2N2O5. The Morgan fingerprint density at radius 1 is 1.12 bits per heavy atom. The minimum Gasteiger partial charge on any atom is -0.480 e. The van der Waals surface area contributed by atoms with E-state index in [0.717, 1.165) is 22.3 Å². The molecule has 174 valence electrons. The Balaban J connectivity index is 1.33. The molecule has 0 saturated carbocycles. The number of aliphatic carboxylic acids is 1. The first-order valence-electron chi connectivity index (χ1n) is 10.7. The number of ether oxygens (including phenoxy) is 1. The second kappa shape index (κ2) is 8.80. The van der Waals surface area contributed by atoms with Crippen LogP contribution in [-0.4, -0.2) is 59.6 Å². The van der Waals surface area contributed by atoms with E-state index in [-0.39, 0.29) is 19.1 Å². The number of carboxylic acid groups (broad SMARTS) is 1. The van der Waals surface area contributed by atoms with E-state index in [1.165, 1.54) is 6.92 Å². The monoisotopic (exact) mass is 458 g/mol. The van der Waals surface area contributed by atoms with Gasteiger partial charge in [0.05, 0.1) is 12.5 Å². The van der Waals surface area contributed by atoms with Gasteiger partial charge in [-0.05, 0) is 22.3 Å². The lowest BCUT2D eigenvalue weighted by atomic mass is 9.98. The van der Waals surface area contributed by atoms with Gasteiger partial charge in [-0.3, -0.25) is 4.79 Å². The standard InChI is InChI=1S/C24H24F2N2O5/c1-14(21(29)28-13-24(25,26)10-20(28)22(30)31)11-27-23(32)33-12-19-17-8-4-2-6-15(17)16-7-3-5-9-18(16)19/h2-9,14,19-20H,10-13H2,1H3,(H,27,32)(H,30,31). The molecule has 1 heterocycles. The molecule has 7 nitrogen and oxygen atoms in total. The maximum absolute atomic E-state index is 13.7. The predicted octanol–water partition coefficient (Wildman–Crippen LogP) is 3.48. The summed E-state index contributed by atoms with van der Waals surface area (Å²) in [4.78, 5) is 36.7. The zero-order valence-corrected chi connectivity index (χ0v) is 18.0. The quantitative estimate of drug-likeness (QED) is 0.691. The Morgan fingerprint density at radius 3 is 2.27 bits per heavy atom. The summed E-state index contributed by atoms with van der Waals surface area (Å²) < 4.78 is 32.7. The molecule has 2 aromatic carbocycles. The lowest BCUT2D eigenvalue weighted by molar-refractivity contribution is -0.149. The maximum Gasteiger partial charge on any atom is 0.407 e. The second-order valence-electron chi connectivity index (χ2n) is 8.49. The van der Waals surface area contributed by atoms with Crippen LogP contribution in [0.1, 0.15) is 30.4 Å². The highest BCUT2D eigenvalue weighted by molar-refractivity contribution is 5.86. The summed E-state index contributed by atoms with van der Waals surface area (Å²) in [5.41, 5.74) is 4.31.